The molecule has 0 unspecified atom stereocenters. The molecule has 2 aromatic carbocycles. The van der Waals surface area contributed by atoms with Crippen molar-refractivity contribution in [2.24, 2.45) is 0 Å². The smallest absolute Gasteiger partial charge is 0.246 e. The largest absolute Gasteiger partial charge is 0.374 e. The predicted molar refractivity (Wildman–Crippen MR) is 104 cm³/mol. The Labute approximate surface area is 154 Å². The SMILES string of the molecule is Cc1ccccc1-c1noc(CNc2ccccc2N2CCCCC2)n1. The third-order valence-corrected chi connectivity index (χ3v) is 4.88. The third kappa shape index (κ3) is 3.57. The molecule has 2 heterocycles. The van der Waals surface area contributed by atoms with Gasteiger partial charge in [0.1, 0.15) is 0 Å². The number of aromatic nitrogens is 2. The van der Waals surface area contributed by atoms with Gasteiger partial charge in [-0.3, -0.25) is 0 Å². The molecule has 134 valence electrons. The second-order valence-electron chi connectivity index (χ2n) is 6.75. The summed E-state index contributed by atoms with van der Waals surface area (Å²) >= 11 is 0. The number of aryl methyl sites for hydroxylation is 1. The van der Waals surface area contributed by atoms with Crippen LogP contribution < -0.4 is 10.2 Å². The number of benzene rings is 2. The fourth-order valence-electron chi connectivity index (χ4n) is 3.46. The molecule has 0 saturated carbocycles. The highest BCUT2D eigenvalue weighted by Crippen LogP contribution is 2.28. The highest BCUT2D eigenvalue weighted by Gasteiger charge is 2.15. The summed E-state index contributed by atoms with van der Waals surface area (Å²) < 4.78 is 5.44. The van der Waals surface area contributed by atoms with Crippen molar-refractivity contribution in [3.63, 3.8) is 0 Å². The highest BCUT2D eigenvalue weighted by atomic mass is 16.5. The van der Waals surface area contributed by atoms with Gasteiger partial charge in [0.2, 0.25) is 11.7 Å². The van der Waals surface area contributed by atoms with Gasteiger partial charge in [0.25, 0.3) is 0 Å². The molecule has 0 amide bonds. The predicted octanol–water partition coefficient (Wildman–Crippen LogP) is 4.65. The molecule has 1 N–H and O–H groups in total. The molecule has 4 rings (SSSR count). The zero-order valence-corrected chi connectivity index (χ0v) is 15.1. The summed E-state index contributed by atoms with van der Waals surface area (Å²) in [6.45, 7) is 4.82. The number of nitrogens with one attached hydrogen (secondary N) is 1. The van der Waals surface area contributed by atoms with Gasteiger partial charge in [0.05, 0.1) is 17.9 Å². The van der Waals surface area contributed by atoms with E-state index in [4.69, 9.17) is 4.52 Å². The number of nitrogens with zero attached hydrogens (tertiary/aromatic N) is 3. The van der Waals surface area contributed by atoms with Gasteiger partial charge in [-0.05, 0) is 43.9 Å². The fraction of sp³-hybridized carbons (Fsp3) is 0.333. The summed E-state index contributed by atoms with van der Waals surface area (Å²) in [5.41, 5.74) is 4.52. The number of anilines is 2. The van der Waals surface area contributed by atoms with Gasteiger partial charge >= 0.3 is 0 Å². The summed E-state index contributed by atoms with van der Waals surface area (Å²) in [5.74, 6) is 1.24. The van der Waals surface area contributed by atoms with Crippen molar-refractivity contribution in [2.45, 2.75) is 32.7 Å². The van der Waals surface area contributed by atoms with E-state index in [-0.39, 0.29) is 0 Å². The minimum Gasteiger partial charge on any atom is -0.374 e. The standard InChI is InChI=1S/C21H24N4O/c1-16-9-3-4-10-17(16)21-23-20(26-24-21)15-22-18-11-5-6-12-19(18)25-13-7-2-8-14-25/h3-6,9-12,22H,2,7-8,13-15H2,1H3. The lowest BCUT2D eigenvalue weighted by Crippen LogP contribution is -2.30. The molecule has 5 nitrogen and oxygen atoms in total. The second kappa shape index (κ2) is 7.60. The van der Waals surface area contributed by atoms with Gasteiger partial charge in [-0.2, -0.15) is 4.98 Å². The Bertz CT molecular complexity index is 868. The Kier molecular flexibility index (Phi) is 4.86. The van der Waals surface area contributed by atoms with Gasteiger partial charge in [0, 0.05) is 18.7 Å². The fourth-order valence-corrected chi connectivity index (χ4v) is 3.46. The molecule has 1 aromatic heterocycles. The van der Waals surface area contributed by atoms with Crippen LogP contribution in [0.4, 0.5) is 11.4 Å². The molecule has 1 saturated heterocycles. The first-order chi connectivity index (χ1) is 12.8. The maximum atomic E-state index is 5.44. The molecule has 26 heavy (non-hydrogen) atoms. The minimum absolute atomic E-state index is 0.518. The topological polar surface area (TPSA) is 54.2 Å². The van der Waals surface area contributed by atoms with Crippen molar-refractivity contribution >= 4 is 11.4 Å². The Hall–Kier alpha value is -2.82. The van der Waals surface area contributed by atoms with Crippen LogP contribution in [0.3, 0.4) is 0 Å². The van der Waals surface area contributed by atoms with E-state index in [0.29, 0.717) is 18.3 Å². The number of hydrogen-bond donors (Lipinski definition) is 1. The first-order valence-electron chi connectivity index (χ1n) is 9.28. The van der Waals surface area contributed by atoms with Crippen LogP contribution in [0, 0.1) is 6.92 Å². The summed E-state index contributed by atoms with van der Waals surface area (Å²) in [7, 11) is 0. The van der Waals surface area contributed by atoms with Crippen LogP contribution in [0.15, 0.2) is 53.1 Å². The van der Waals surface area contributed by atoms with E-state index < -0.39 is 0 Å². The van der Waals surface area contributed by atoms with Gasteiger partial charge in [-0.15, -0.1) is 0 Å². The van der Waals surface area contributed by atoms with Crippen molar-refractivity contribution in [3.05, 3.63) is 60.0 Å². The van der Waals surface area contributed by atoms with Gasteiger partial charge in [-0.1, -0.05) is 41.6 Å². The van der Waals surface area contributed by atoms with E-state index in [9.17, 15) is 0 Å². The zero-order valence-electron chi connectivity index (χ0n) is 15.1. The summed E-state index contributed by atoms with van der Waals surface area (Å²) in [6, 6.07) is 16.5. The molecule has 1 fully saturated rings. The van der Waals surface area contributed by atoms with Gasteiger partial charge in [-0.25, -0.2) is 0 Å². The summed E-state index contributed by atoms with van der Waals surface area (Å²) in [5, 5.41) is 7.60. The van der Waals surface area contributed by atoms with E-state index in [1.807, 2.05) is 18.2 Å². The van der Waals surface area contributed by atoms with Crippen LogP contribution in [-0.2, 0) is 6.54 Å². The lowest BCUT2D eigenvalue weighted by molar-refractivity contribution is 0.384. The molecule has 0 spiro atoms. The maximum Gasteiger partial charge on any atom is 0.246 e. The van der Waals surface area contributed by atoms with Crippen LogP contribution in [0.2, 0.25) is 0 Å². The van der Waals surface area contributed by atoms with E-state index in [1.54, 1.807) is 0 Å². The Balaban J connectivity index is 1.48. The van der Waals surface area contributed by atoms with Crippen molar-refractivity contribution in [2.75, 3.05) is 23.3 Å². The molecule has 0 bridgehead atoms. The normalized spacial score (nSPS) is 14.4. The van der Waals surface area contributed by atoms with Crippen molar-refractivity contribution < 1.29 is 4.52 Å². The number of rotatable bonds is 5. The molecule has 0 radical (unpaired) electrons. The summed E-state index contributed by atoms with van der Waals surface area (Å²) in [6.07, 6.45) is 3.85. The lowest BCUT2D eigenvalue weighted by atomic mass is 10.1. The van der Waals surface area contributed by atoms with Crippen LogP contribution in [0.1, 0.15) is 30.7 Å². The monoisotopic (exact) mass is 348 g/mol. The first-order valence-corrected chi connectivity index (χ1v) is 9.28. The van der Waals surface area contributed by atoms with Crippen LogP contribution >= 0.6 is 0 Å². The van der Waals surface area contributed by atoms with Crippen molar-refractivity contribution in [1.82, 2.24) is 10.1 Å². The van der Waals surface area contributed by atoms with Crippen molar-refractivity contribution in [1.29, 1.82) is 0 Å². The molecule has 1 aliphatic heterocycles. The molecular weight excluding hydrogens is 324 g/mol. The van der Waals surface area contributed by atoms with E-state index in [0.717, 1.165) is 29.9 Å². The average Bonchev–Trinajstić information content (AvgIpc) is 3.16. The maximum absolute atomic E-state index is 5.44. The Morgan fingerprint density at radius 1 is 1.00 bits per heavy atom. The first kappa shape index (κ1) is 16.6. The van der Waals surface area contributed by atoms with E-state index in [2.05, 4.69) is 57.6 Å². The minimum atomic E-state index is 0.518. The van der Waals surface area contributed by atoms with Gasteiger partial charge in [0.15, 0.2) is 0 Å². The third-order valence-electron chi connectivity index (χ3n) is 4.88. The quantitative estimate of drug-likeness (QED) is 0.727. The Morgan fingerprint density at radius 3 is 2.62 bits per heavy atom. The lowest BCUT2D eigenvalue weighted by Gasteiger charge is -2.30. The molecule has 3 aromatic rings. The molecule has 5 heteroatoms. The molecular formula is C21H24N4O. The molecule has 0 aliphatic carbocycles. The van der Waals surface area contributed by atoms with Crippen LogP contribution in [0.5, 0.6) is 0 Å². The zero-order chi connectivity index (χ0) is 17.8. The van der Waals surface area contributed by atoms with Crippen LogP contribution in [-0.4, -0.2) is 23.2 Å². The second-order valence-corrected chi connectivity index (χ2v) is 6.75. The van der Waals surface area contributed by atoms with E-state index in [1.165, 1.54) is 24.9 Å². The van der Waals surface area contributed by atoms with Gasteiger partial charge < -0.3 is 14.7 Å². The number of para-hydroxylation sites is 2. The molecule has 0 atom stereocenters. The highest BCUT2D eigenvalue weighted by molar-refractivity contribution is 5.70. The van der Waals surface area contributed by atoms with Crippen molar-refractivity contribution in [3.8, 4) is 11.4 Å². The average molecular weight is 348 g/mol. The number of piperidine rings is 1. The Morgan fingerprint density at radius 2 is 1.77 bits per heavy atom. The molecule has 1 aliphatic rings. The summed E-state index contributed by atoms with van der Waals surface area (Å²) in [4.78, 5) is 7.00. The van der Waals surface area contributed by atoms with E-state index >= 15 is 0 Å². The number of hydrogen-bond acceptors (Lipinski definition) is 5. The van der Waals surface area contributed by atoms with Crippen LogP contribution in [0.25, 0.3) is 11.4 Å².